The van der Waals surface area contributed by atoms with E-state index < -0.39 is 0 Å². The predicted octanol–water partition coefficient (Wildman–Crippen LogP) is 3.49. The summed E-state index contributed by atoms with van der Waals surface area (Å²) in [4.78, 5) is 0. The first-order chi connectivity index (χ1) is 8.79. The summed E-state index contributed by atoms with van der Waals surface area (Å²) >= 11 is 0. The third-order valence-electron chi connectivity index (χ3n) is 4.09. The molecule has 1 aliphatic carbocycles. The summed E-state index contributed by atoms with van der Waals surface area (Å²) in [7, 11) is 0. The maximum absolute atomic E-state index is 9.48. The van der Waals surface area contributed by atoms with Gasteiger partial charge in [-0.25, -0.2) is 0 Å². The number of aromatic hydroxyl groups is 1. The van der Waals surface area contributed by atoms with Crippen LogP contribution in [0.4, 0.5) is 0 Å². The van der Waals surface area contributed by atoms with E-state index in [0.717, 1.165) is 18.9 Å². The van der Waals surface area contributed by atoms with Crippen molar-refractivity contribution < 1.29 is 5.11 Å². The Morgan fingerprint density at radius 3 is 2.78 bits per heavy atom. The van der Waals surface area contributed by atoms with Crippen LogP contribution in [0.5, 0.6) is 5.75 Å². The van der Waals surface area contributed by atoms with Gasteiger partial charge in [0.25, 0.3) is 0 Å². The molecule has 0 heterocycles. The highest BCUT2D eigenvalue weighted by Crippen LogP contribution is 2.29. The van der Waals surface area contributed by atoms with E-state index in [1.165, 1.54) is 37.7 Å². The molecule has 0 aromatic heterocycles. The topological polar surface area (TPSA) is 32.3 Å². The Kier molecular flexibility index (Phi) is 5.06. The van der Waals surface area contributed by atoms with Gasteiger partial charge >= 0.3 is 0 Å². The number of hydrogen-bond acceptors (Lipinski definition) is 2. The molecule has 100 valence electrons. The van der Waals surface area contributed by atoms with Gasteiger partial charge in [-0.05, 0) is 55.8 Å². The van der Waals surface area contributed by atoms with Gasteiger partial charge in [-0.2, -0.15) is 0 Å². The molecule has 1 unspecified atom stereocenters. The lowest BCUT2D eigenvalue weighted by Gasteiger charge is -2.24. The molecule has 1 aliphatic rings. The Balaban J connectivity index is 1.88. The van der Waals surface area contributed by atoms with Crippen LogP contribution in [0.1, 0.15) is 44.6 Å². The van der Waals surface area contributed by atoms with Crippen LogP contribution in [0.25, 0.3) is 0 Å². The van der Waals surface area contributed by atoms with E-state index in [1.807, 2.05) is 12.1 Å². The van der Waals surface area contributed by atoms with Crippen LogP contribution in [0.15, 0.2) is 24.3 Å². The zero-order chi connectivity index (χ0) is 12.8. The minimum Gasteiger partial charge on any atom is -0.508 e. The van der Waals surface area contributed by atoms with Gasteiger partial charge in [0, 0.05) is 6.04 Å². The molecule has 0 aliphatic heterocycles. The van der Waals surface area contributed by atoms with Crippen molar-refractivity contribution in [1.82, 2.24) is 5.32 Å². The number of phenols is 1. The fourth-order valence-electron chi connectivity index (χ4n) is 3.16. The fraction of sp³-hybridized carbons (Fsp3) is 0.625. The Morgan fingerprint density at radius 2 is 2.11 bits per heavy atom. The molecule has 1 aromatic carbocycles. The Labute approximate surface area is 110 Å². The smallest absolute Gasteiger partial charge is 0.115 e. The van der Waals surface area contributed by atoms with E-state index in [-0.39, 0.29) is 0 Å². The Morgan fingerprint density at radius 1 is 1.33 bits per heavy atom. The van der Waals surface area contributed by atoms with Crippen LogP contribution in [-0.2, 0) is 6.42 Å². The summed E-state index contributed by atoms with van der Waals surface area (Å²) in [6.45, 7) is 3.25. The summed E-state index contributed by atoms with van der Waals surface area (Å²) in [5.41, 5.74) is 1.25. The molecule has 1 saturated carbocycles. The summed E-state index contributed by atoms with van der Waals surface area (Å²) in [5, 5.41) is 13.1. The zero-order valence-corrected chi connectivity index (χ0v) is 11.4. The highest BCUT2D eigenvalue weighted by molar-refractivity contribution is 5.27. The average Bonchev–Trinajstić information content (AvgIpc) is 2.88. The quantitative estimate of drug-likeness (QED) is 0.806. The summed E-state index contributed by atoms with van der Waals surface area (Å²) in [6.07, 6.45) is 7.82. The molecule has 0 radical (unpaired) electrons. The van der Waals surface area contributed by atoms with Gasteiger partial charge in [0.05, 0.1) is 0 Å². The lowest BCUT2D eigenvalue weighted by atomic mass is 9.92. The molecule has 2 heteroatoms. The molecule has 0 bridgehead atoms. The molecule has 1 aromatic rings. The first-order valence-electron chi connectivity index (χ1n) is 7.31. The first kappa shape index (κ1) is 13.4. The number of rotatable bonds is 6. The van der Waals surface area contributed by atoms with Crippen LogP contribution < -0.4 is 5.32 Å². The van der Waals surface area contributed by atoms with Crippen LogP contribution in [0.2, 0.25) is 0 Å². The molecule has 2 rings (SSSR count). The largest absolute Gasteiger partial charge is 0.508 e. The van der Waals surface area contributed by atoms with E-state index in [0.29, 0.717) is 11.8 Å². The number of benzene rings is 1. The van der Waals surface area contributed by atoms with Crippen molar-refractivity contribution in [2.45, 2.75) is 51.5 Å². The van der Waals surface area contributed by atoms with Gasteiger partial charge in [-0.3, -0.25) is 0 Å². The highest BCUT2D eigenvalue weighted by Gasteiger charge is 2.23. The molecular weight excluding hydrogens is 222 g/mol. The van der Waals surface area contributed by atoms with E-state index in [2.05, 4.69) is 18.3 Å². The summed E-state index contributed by atoms with van der Waals surface area (Å²) in [5.74, 6) is 1.25. The third-order valence-corrected chi connectivity index (χ3v) is 4.09. The summed E-state index contributed by atoms with van der Waals surface area (Å²) in [6, 6.07) is 8.32. The maximum atomic E-state index is 9.48. The Bertz CT molecular complexity index is 358. The molecule has 0 saturated heterocycles. The van der Waals surface area contributed by atoms with Gasteiger partial charge in [0.15, 0.2) is 0 Å². The molecular formula is C16H25NO. The average molecular weight is 247 g/mol. The highest BCUT2D eigenvalue weighted by atomic mass is 16.3. The van der Waals surface area contributed by atoms with Gasteiger partial charge in [-0.15, -0.1) is 0 Å². The monoisotopic (exact) mass is 247 g/mol. The fourth-order valence-corrected chi connectivity index (χ4v) is 3.16. The molecule has 0 spiro atoms. The molecule has 2 nitrogen and oxygen atoms in total. The second-order valence-corrected chi connectivity index (χ2v) is 5.42. The van der Waals surface area contributed by atoms with Crippen molar-refractivity contribution in [1.29, 1.82) is 0 Å². The normalized spacial score (nSPS) is 18.1. The summed E-state index contributed by atoms with van der Waals surface area (Å²) < 4.78 is 0. The second-order valence-electron chi connectivity index (χ2n) is 5.42. The van der Waals surface area contributed by atoms with Crippen molar-refractivity contribution in [3.05, 3.63) is 29.8 Å². The van der Waals surface area contributed by atoms with E-state index in [1.54, 1.807) is 6.07 Å². The maximum Gasteiger partial charge on any atom is 0.115 e. The lowest BCUT2D eigenvalue weighted by Crippen LogP contribution is -2.35. The molecule has 0 amide bonds. The van der Waals surface area contributed by atoms with Crippen molar-refractivity contribution in [2.24, 2.45) is 5.92 Å². The predicted molar refractivity (Wildman–Crippen MR) is 75.9 cm³/mol. The van der Waals surface area contributed by atoms with Gasteiger partial charge in [0.2, 0.25) is 0 Å². The molecule has 18 heavy (non-hydrogen) atoms. The number of phenolic OH excluding ortho intramolecular Hbond substituents is 1. The number of hydrogen-bond donors (Lipinski definition) is 2. The van der Waals surface area contributed by atoms with Crippen molar-refractivity contribution in [3.63, 3.8) is 0 Å². The zero-order valence-electron chi connectivity index (χ0n) is 11.4. The third kappa shape index (κ3) is 3.74. The van der Waals surface area contributed by atoms with E-state index in [4.69, 9.17) is 0 Å². The molecule has 1 fully saturated rings. The van der Waals surface area contributed by atoms with Crippen LogP contribution in [0.3, 0.4) is 0 Å². The van der Waals surface area contributed by atoms with E-state index >= 15 is 0 Å². The standard InChI is InChI=1S/C16H25NO/c1-2-17-16(14-7-3-4-8-14)11-10-13-6-5-9-15(18)12-13/h5-6,9,12,14,16-18H,2-4,7-8,10-11H2,1H3. The van der Waals surface area contributed by atoms with Crippen molar-refractivity contribution in [3.8, 4) is 5.75 Å². The van der Waals surface area contributed by atoms with Gasteiger partial charge < -0.3 is 10.4 Å². The second kappa shape index (κ2) is 6.79. The molecule has 2 N–H and O–H groups in total. The van der Waals surface area contributed by atoms with Crippen molar-refractivity contribution >= 4 is 0 Å². The van der Waals surface area contributed by atoms with Gasteiger partial charge in [-0.1, -0.05) is 31.9 Å². The first-order valence-corrected chi connectivity index (χ1v) is 7.31. The minimum atomic E-state index is 0.383. The number of nitrogens with one attached hydrogen (secondary N) is 1. The minimum absolute atomic E-state index is 0.383. The van der Waals surface area contributed by atoms with Crippen LogP contribution in [-0.4, -0.2) is 17.7 Å². The van der Waals surface area contributed by atoms with Crippen molar-refractivity contribution in [2.75, 3.05) is 6.54 Å². The lowest BCUT2D eigenvalue weighted by molar-refractivity contribution is 0.346. The van der Waals surface area contributed by atoms with Crippen LogP contribution >= 0.6 is 0 Å². The number of aryl methyl sites for hydroxylation is 1. The van der Waals surface area contributed by atoms with Gasteiger partial charge in [0.1, 0.15) is 5.75 Å². The SMILES string of the molecule is CCNC(CCc1cccc(O)c1)C1CCCC1. The van der Waals surface area contributed by atoms with Crippen LogP contribution in [0, 0.1) is 5.92 Å². The molecule has 1 atom stereocenters. The Hall–Kier alpha value is -1.02. The van der Waals surface area contributed by atoms with E-state index in [9.17, 15) is 5.11 Å².